The summed E-state index contributed by atoms with van der Waals surface area (Å²) < 4.78 is 25.9. The van der Waals surface area contributed by atoms with Crippen LogP contribution in [0.2, 0.25) is 0 Å². The predicted octanol–water partition coefficient (Wildman–Crippen LogP) is 0.578. The van der Waals surface area contributed by atoms with Crippen LogP contribution >= 0.6 is 0 Å². The second-order valence-electron chi connectivity index (χ2n) is 5.73. The lowest BCUT2D eigenvalue weighted by Gasteiger charge is -2.21. The van der Waals surface area contributed by atoms with Crippen molar-refractivity contribution in [2.45, 2.75) is 18.1 Å². The van der Waals surface area contributed by atoms with Gasteiger partial charge in [-0.3, -0.25) is 9.78 Å². The molecule has 0 radical (unpaired) electrons. The van der Waals surface area contributed by atoms with E-state index in [0.717, 1.165) is 6.42 Å². The Hall–Kier alpha value is -1.47. The Morgan fingerprint density at radius 1 is 1.24 bits per heavy atom. The van der Waals surface area contributed by atoms with Crippen molar-refractivity contribution in [2.24, 2.45) is 5.92 Å². The average Bonchev–Trinajstić information content (AvgIpc) is 2.64. The summed E-state index contributed by atoms with van der Waals surface area (Å²) in [5, 5.41) is -0.335. The van der Waals surface area contributed by atoms with Crippen molar-refractivity contribution in [1.82, 2.24) is 14.2 Å². The Labute approximate surface area is 124 Å². The van der Waals surface area contributed by atoms with Gasteiger partial charge in [-0.2, -0.15) is 0 Å². The predicted molar refractivity (Wildman–Crippen MR) is 78.2 cm³/mol. The summed E-state index contributed by atoms with van der Waals surface area (Å²) in [5.41, 5.74) is 0.608. The normalized spacial score (nSPS) is 28.9. The maximum atomic E-state index is 12.4. The van der Waals surface area contributed by atoms with Crippen LogP contribution in [-0.4, -0.2) is 60.4 Å². The molecule has 2 fully saturated rings. The third-order valence-electron chi connectivity index (χ3n) is 4.50. The molecule has 1 amide bonds. The molecule has 2 saturated heterocycles. The smallest absolute Gasteiger partial charge is 0.253 e. The number of pyridine rings is 1. The number of nitrogens with zero attached hydrogens (tertiary/aromatic N) is 3. The number of hydrogen-bond acceptors (Lipinski definition) is 4. The van der Waals surface area contributed by atoms with Crippen LogP contribution in [0.1, 0.15) is 23.2 Å². The number of aromatic nitrogens is 1. The molecule has 6 nitrogen and oxygen atoms in total. The minimum Gasteiger partial charge on any atom is -0.339 e. The van der Waals surface area contributed by atoms with Crippen molar-refractivity contribution in [3.05, 3.63) is 30.1 Å². The van der Waals surface area contributed by atoms with Gasteiger partial charge in [0, 0.05) is 44.6 Å². The molecule has 2 aliphatic rings. The van der Waals surface area contributed by atoms with Gasteiger partial charge in [0.2, 0.25) is 10.0 Å². The molecule has 0 N–H and O–H groups in total. The van der Waals surface area contributed by atoms with Crippen LogP contribution in [0.15, 0.2) is 24.5 Å². The molecule has 0 bridgehead atoms. The Morgan fingerprint density at radius 3 is 2.62 bits per heavy atom. The average molecular weight is 309 g/mol. The van der Waals surface area contributed by atoms with E-state index in [9.17, 15) is 13.2 Å². The fraction of sp³-hybridized carbons (Fsp3) is 0.571. The molecule has 2 atom stereocenters. The monoisotopic (exact) mass is 309 g/mol. The topological polar surface area (TPSA) is 70.6 Å². The van der Waals surface area contributed by atoms with Gasteiger partial charge in [0.25, 0.3) is 5.91 Å². The van der Waals surface area contributed by atoms with Crippen LogP contribution in [0.4, 0.5) is 0 Å². The molecule has 0 aliphatic carbocycles. The molecule has 21 heavy (non-hydrogen) atoms. The highest BCUT2D eigenvalue weighted by atomic mass is 32.2. The van der Waals surface area contributed by atoms with E-state index in [2.05, 4.69) is 4.98 Å². The zero-order valence-electron chi connectivity index (χ0n) is 12.0. The van der Waals surface area contributed by atoms with E-state index < -0.39 is 10.0 Å². The zero-order valence-corrected chi connectivity index (χ0v) is 12.8. The maximum absolute atomic E-state index is 12.4. The first-order valence-electron chi connectivity index (χ1n) is 7.14. The lowest BCUT2D eigenvalue weighted by molar-refractivity contribution is 0.0759. The van der Waals surface area contributed by atoms with Crippen molar-refractivity contribution in [3.63, 3.8) is 0 Å². The van der Waals surface area contributed by atoms with Gasteiger partial charge in [0.15, 0.2) is 0 Å². The van der Waals surface area contributed by atoms with Crippen molar-refractivity contribution in [3.8, 4) is 0 Å². The fourth-order valence-corrected chi connectivity index (χ4v) is 5.26. The lowest BCUT2D eigenvalue weighted by atomic mass is 10.0. The van der Waals surface area contributed by atoms with Gasteiger partial charge in [-0.05, 0) is 30.9 Å². The highest BCUT2D eigenvalue weighted by molar-refractivity contribution is 7.90. The number of hydrogen-bond donors (Lipinski definition) is 0. The minimum absolute atomic E-state index is 0.0388. The number of likely N-dealkylation sites (tertiary alicyclic amines) is 1. The van der Waals surface area contributed by atoms with Gasteiger partial charge in [0.05, 0.1) is 5.25 Å². The molecule has 0 unspecified atom stereocenters. The van der Waals surface area contributed by atoms with Gasteiger partial charge in [-0.1, -0.05) is 0 Å². The van der Waals surface area contributed by atoms with Crippen LogP contribution in [0.5, 0.6) is 0 Å². The maximum Gasteiger partial charge on any atom is 0.253 e. The summed E-state index contributed by atoms with van der Waals surface area (Å²) >= 11 is 0. The lowest BCUT2D eigenvalue weighted by Crippen LogP contribution is -2.34. The third kappa shape index (κ3) is 2.55. The Kier molecular flexibility index (Phi) is 3.71. The highest BCUT2D eigenvalue weighted by Crippen LogP contribution is 2.33. The summed E-state index contributed by atoms with van der Waals surface area (Å²) in [6.07, 6.45) is 4.46. The summed E-state index contributed by atoms with van der Waals surface area (Å²) in [5.74, 6) is 0.0957. The zero-order chi connectivity index (χ0) is 15.0. The summed E-state index contributed by atoms with van der Waals surface area (Å²) in [6.45, 7) is 1.69. The first kappa shape index (κ1) is 14.5. The molecular weight excluding hydrogens is 290 g/mol. The van der Waals surface area contributed by atoms with E-state index in [1.165, 1.54) is 4.31 Å². The molecule has 0 aromatic carbocycles. The van der Waals surface area contributed by atoms with Gasteiger partial charge in [-0.25, -0.2) is 12.7 Å². The molecule has 0 spiro atoms. The highest BCUT2D eigenvalue weighted by Gasteiger charge is 2.45. The number of carbonyl (C=O) groups is 1. The number of sulfonamides is 1. The molecule has 3 rings (SSSR count). The largest absolute Gasteiger partial charge is 0.339 e. The number of amides is 1. The van der Waals surface area contributed by atoms with Crippen LogP contribution in [-0.2, 0) is 10.0 Å². The molecular formula is C14H19N3O3S. The molecule has 0 saturated carbocycles. The first-order chi connectivity index (χ1) is 10.00. The van der Waals surface area contributed by atoms with Crippen LogP contribution in [0.3, 0.4) is 0 Å². The van der Waals surface area contributed by atoms with Gasteiger partial charge in [-0.15, -0.1) is 0 Å². The number of rotatable bonds is 1. The Balaban J connectivity index is 1.75. The standard InChI is InChI=1S/C14H19N3O3S/c1-16-10-12-4-8-17(9-5-13(12)21(16,19)20)14(18)11-2-6-15-7-3-11/h2-3,6-7,12-13H,4-5,8-10H2,1H3/t12-,13-/m0/s1. The number of fused-ring (bicyclic) bond motifs is 1. The molecule has 114 valence electrons. The van der Waals surface area contributed by atoms with Crippen LogP contribution in [0, 0.1) is 5.92 Å². The number of carbonyl (C=O) groups excluding carboxylic acids is 1. The van der Waals surface area contributed by atoms with Crippen molar-refractivity contribution < 1.29 is 13.2 Å². The minimum atomic E-state index is -3.18. The van der Waals surface area contributed by atoms with Crippen molar-refractivity contribution in [1.29, 1.82) is 0 Å². The van der Waals surface area contributed by atoms with Gasteiger partial charge < -0.3 is 4.90 Å². The summed E-state index contributed by atoms with van der Waals surface area (Å²) in [7, 11) is -1.53. The quantitative estimate of drug-likeness (QED) is 0.761. The third-order valence-corrected chi connectivity index (χ3v) is 6.91. The molecule has 3 heterocycles. The second-order valence-corrected chi connectivity index (χ2v) is 7.99. The van der Waals surface area contributed by atoms with Crippen molar-refractivity contribution >= 4 is 15.9 Å². The Morgan fingerprint density at radius 2 is 1.90 bits per heavy atom. The van der Waals surface area contributed by atoms with E-state index in [-0.39, 0.29) is 17.1 Å². The van der Waals surface area contributed by atoms with E-state index in [0.29, 0.717) is 31.6 Å². The molecule has 2 aliphatic heterocycles. The van der Waals surface area contributed by atoms with Gasteiger partial charge in [0.1, 0.15) is 0 Å². The SMILES string of the molecule is CN1C[C@@H]2CCN(C(=O)c3ccncc3)CC[C@@H]2S1(=O)=O. The van der Waals surface area contributed by atoms with E-state index in [1.807, 2.05) is 0 Å². The van der Waals surface area contributed by atoms with Crippen LogP contribution < -0.4 is 0 Å². The van der Waals surface area contributed by atoms with E-state index >= 15 is 0 Å². The molecule has 7 heteroatoms. The van der Waals surface area contributed by atoms with Crippen LogP contribution in [0.25, 0.3) is 0 Å². The first-order valence-corrected chi connectivity index (χ1v) is 8.65. The van der Waals surface area contributed by atoms with E-state index in [4.69, 9.17) is 0 Å². The van der Waals surface area contributed by atoms with Gasteiger partial charge >= 0.3 is 0 Å². The summed E-state index contributed by atoms with van der Waals surface area (Å²) in [6, 6.07) is 3.39. The summed E-state index contributed by atoms with van der Waals surface area (Å²) in [4.78, 5) is 18.1. The Bertz CT molecular complexity index is 632. The second kappa shape index (κ2) is 5.38. The van der Waals surface area contributed by atoms with E-state index in [1.54, 1.807) is 36.5 Å². The molecule has 1 aromatic rings. The molecule has 1 aromatic heterocycles. The van der Waals surface area contributed by atoms with Crippen molar-refractivity contribution in [2.75, 3.05) is 26.7 Å². The fourth-order valence-electron chi connectivity index (χ4n) is 3.28.